The van der Waals surface area contributed by atoms with Crippen molar-refractivity contribution in [1.29, 1.82) is 0 Å². The number of piperidine rings is 1. The zero-order valence-corrected chi connectivity index (χ0v) is 17.7. The largest absolute Gasteiger partial charge is 0.378 e. The molecule has 0 bridgehead atoms. The molecule has 1 aromatic heterocycles. The van der Waals surface area contributed by atoms with Crippen LogP contribution in [0.25, 0.3) is 0 Å². The lowest BCUT2D eigenvalue weighted by Gasteiger charge is -2.34. The van der Waals surface area contributed by atoms with Crippen LogP contribution in [0.1, 0.15) is 42.3 Å². The van der Waals surface area contributed by atoms with Gasteiger partial charge in [-0.05, 0) is 40.5 Å². The first-order chi connectivity index (χ1) is 10.6. The molecule has 7 heteroatoms. The summed E-state index contributed by atoms with van der Waals surface area (Å²) in [6.07, 6.45) is 2.56. The van der Waals surface area contributed by atoms with Crippen molar-refractivity contribution in [3.05, 3.63) is 15.6 Å². The monoisotopic (exact) mass is 452 g/mol. The Labute approximate surface area is 160 Å². The van der Waals surface area contributed by atoms with E-state index in [2.05, 4.69) is 42.9 Å². The highest BCUT2D eigenvalue weighted by atomic mass is 127. The molecule has 23 heavy (non-hydrogen) atoms. The second-order valence-electron chi connectivity index (χ2n) is 5.56. The van der Waals surface area contributed by atoms with Crippen LogP contribution in [-0.2, 0) is 11.3 Å². The highest BCUT2D eigenvalue weighted by molar-refractivity contribution is 14.0. The van der Waals surface area contributed by atoms with Crippen LogP contribution in [0.15, 0.2) is 4.99 Å². The molecule has 0 spiro atoms. The third-order valence-electron chi connectivity index (χ3n) is 3.92. The highest BCUT2D eigenvalue weighted by Gasteiger charge is 2.21. The number of halogens is 1. The maximum absolute atomic E-state index is 5.72. The van der Waals surface area contributed by atoms with E-state index in [-0.39, 0.29) is 24.0 Å². The fourth-order valence-electron chi connectivity index (χ4n) is 2.65. The van der Waals surface area contributed by atoms with Crippen LogP contribution in [0, 0.1) is 13.8 Å². The first-order valence-electron chi connectivity index (χ1n) is 8.21. The van der Waals surface area contributed by atoms with Crippen molar-refractivity contribution in [2.45, 2.75) is 53.2 Å². The summed E-state index contributed by atoms with van der Waals surface area (Å²) < 4.78 is 5.72. The van der Waals surface area contributed by atoms with E-state index in [9.17, 15) is 0 Å². The molecule has 5 nitrogen and oxygen atoms in total. The molecule has 1 fully saturated rings. The molecule has 132 valence electrons. The van der Waals surface area contributed by atoms with Crippen molar-refractivity contribution >= 4 is 41.3 Å². The van der Waals surface area contributed by atoms with Crippen LogP contribution in [-0.4, -0.2) is 48.2 Å². The van der Waals surface area contributed by atoms with E-state index in [4.69, 9.17) is 9.73 Å². The number of nitrogens with zero attached hydrogens (tertiary/aromatic N) is 3. The van der Waals surface area contributed by atoms with Crippen LogP contribution in [0.5, 0.6) is 0 Å². The minimum absolute atomic E-state index is 0. The van der Waals surface area contributed by atoms with E-state index >= 15 is 0 Å². The topological polar surface area (TPSA) is 49.8 Å². The number of thiazole rings is 1. The third-order valence-corrected chi connectivity index (χ3v) is 4.97. The second-order valence-corrected chi connectivity index (χ2v) is 6.85. The molecule has 0 atom stereocenters. The second kappa shape index (κ2) is 10.5. The summed E-state index contributed by atoms with van der Waals surface area (Å²) in [5.41, 5.74) is 1.12. The Morgan fingerprint density at radius 1 is 1.35 bits per heavy atom. The van der Waals surface area contributed by atoms with Gasteiger partial charge in [-0.15, -0.1) is 35.3 Å². The average molecular weight is 452 g/mol. The Balaban J connectivity index is 0.00000264. The van der Waals surface area contributed by atoms with Crippen molar-refractivity contribution in [3.8, 4) is 0 Å². The standard InChI is InChI=1S/C16H28N4OS.HI/c1-5-17-16(18-11-15-19-12(3)13(4)22-15)20-9-7-14(8-10-20)21-6-2;/h14H,5-11H2,1-4H3,(H,17,18);1H. The van der Waals surface area contributed by atoms with Gasteiger partial charge < -0.3 is 15.0 Å². The van der Waals surface area contributed by atoms with Gasteiger partial charge in [-0.25, -0.2) is 9.98 Å². The van der Waals surface area contributed by atoms with Gasteiger partial charge in [0, 0.05) is 31.1 Å². The van der Waals surface area contributed by atoms with Crippen LogP contribution >= 0.6 is 35.3 Å². The molecule has 1 N–H and O–H groups in total. The lowest BCUT2D eigenvalue weighted by molar-refractivity contribution is 0.0263. The van der Waals surface area contributed by atoms with Crippen molar-refractivity contribution in [2.75, 3.05) is 26.2 Å². The summed E-state index contributed by atoms with van der Waals surface area (Å²) >= 11 is 1.74. The molecule has 0 aliphatic carbocycles. The number of likely N-dealkylation sites (tertiary alicyclic amines) is 1. The number of aliphatic imine (C=N–C) groups is 1. The van der Waals surface area contributed by atoms with Crippen LogP contribution in [0.3, 0.4) is 0 Å². The van der Waals surface area contributed by atoms with Gasteiger partial charge in [-0.3, -0.25) is 0 Å². The SMILES string of the molecule is CCNC(=NCc1nc(C)c(C)s1)N1CCC(OCC)CC1.I. The van der Waals surface area contributed by atoms with Gasteiger partial charge in [-0.1, -0.05) is 0 Å². The van der Waals surface area contributed by atoms with Gasteiger partial charge in [0.15, 0.2) is 5.96 Å². The predicted molar refractivity (Wildman–Crippen MR) is 108 cm³/mol. The number of hydrogen-bond donors (Lipinski definition) is 1. The summed E-state index contributed by atoms with van der Waals surface area (Å²) in [6.45, 7) is 12.7. The molecule has 1 aliphatic rings. The van der Waals surface area contributed by atoms with Crippen molar-refractivity contribution in [2.24, 2.45) is 4.99 Å². The smallest absolute Gasteiger partial charge is 0.194 e. The van der Waals surface area contributed by atoms with Crippen molar-refractivity contribution < 1.29 is 4.74 Å². The summed E-state index contributed by atoms with van der Waals surface area (Å²) in [4.78, 5) is 13.0. The first-order valence-corrected chi connectivity index (χ1v) is 9.03. The maximum atomic E-state index is 5.72. The minimum atomic E-state index is 0. The summed E-state index contributed by atoms with van der Waals surface area (Å²) in [7, 11) is 0. The molecule has 0 amide bonds. The van der Waals surface area contributed by atoms with Gasteiger partial charge in [0.05, 0.1) is 18.3 Å². The maximum Gasteiger partial charge on any atom is 0.194 e. The van der Waals surface area contributed by atoms with E-state index in [1.54, 1.807) is 11.3 Å². The first kappa shape index (κ1) is 20.6. The average Bonchev–Trinajstić information content (AvgIpc) is 2.83. The number of hydrogen-bond acceptors (Lipinski definition) is 4. The number of aryl methyl sites for hydroxylation is 2. The zero-order chi connectivity index (χ0) is 15.9. The molecule has 0 saturated carbocycles. The normalized spacial score (nSPS) is 16.3. The predicted octanol–water partition coefficient (Wildman–Crippen LogP) is 3.34. The number of nitrogens with one attached hydrogen (secondary N) is 1. The van der Waals surface area contributed by atoms with Crippen LogP contribution < -0.4 is 5.32 Å². The van der Waals surface area contributed by atoms with E-state index < -0.39 is 0 Å². The molecule has 0 radical (unpaired) electrons. The zero-order valence-electron chi connectivity index (χ0n) is 14.6. The van der Waals surface area contributed by atoms with Crippen LogP contribution in [0.2, 0.25) is 0 Å². The lowest BCUT2D eigenvalue weighted by Crippen LogP contribution is -2.47. The Morgan fingerprint density at radius 3 is 2.57 bits per heavy atom. The van der Waals surface area contributed by atoms with Crippen molar-refractivity contribution in [3.63, 3.8) is 0 Å². The Morgan fingerprint density at radius 2 is 2.04 bits per heavy atom. The van der Waals surface area contributed by atoms with Gasteiger partial charge in [-0.2, -0.15) is 0 Å². The van der Waals surface area contributed by atoms with E-state index in [1.807, 2.05) is 0 Å². The Hall–Kier alpha value is -0.410. The van der Waals surface area contributed by atoms with Gasteiger partial charge in [0.2, 0.25) is 0 Å². The van der Waals surface area contributed by atoms with Gasteiger partial charge >= 0.3 is 0 Å². The third kappa shape index (κ3) is 6.19. The quantitative estimate of drug-likeness (QED) is 0.423. The number of ether oxygens (including phenoxy) is 1. The summed E-state index contributed by atoms with van der Waals surface area (Å²) in [6, 6.07) is 0. The lowest BCUT2D eigenvalue weighted by atomic mass is 10.1. The van der Waals surface area contributed by atoms with Crippen molar-refractivity contribution in [1.82, 2.24) is 15.2 Å². The molecule has 0 unspecified atom stereocenters. The van der Waals surface area contributed by atoms with Gasteiger partial charge in [0.1, 0.15) is 5.01 Å². The summed E-state index contributed by atoms with van der Waals surface area (Å²) in [5, 5.41) is 4.50. The number of guanidine groups is 1. The fraction of sp³-hybridized carbons (Fsp3) is 0.750. The van der Waals surface area contributed by atoms with E-state index in [0.717, 1.165) is 55.7 Å². The molecule has 2 rings (SSSR count). The van der Waals surface area contributed by atoms with E-state index in [1.165, 1.54) is 4.88 Å². The molecule has 1 aliphatic heterocycles. The minimum Gasteiger partial charge on any atom is -0.378 e. The Bertz CT molecular complexity index is 479. The van der Waals surface area contributed by atoms with Gasteiger partial charge in [0.25, 0.3) is 0 Å². The number of rotatable bonds is 5. The molecular weight excluding hydrogens is 423 g/mol. The Kier molecular flexibility index (Phi) is 9.38. The summed E-state index contributed by atoms with van der Waals surface area (Å²) in [5.74, 6) is 1.00. The molecule has 0 aromatic carbocycles. The van der Waals surface area contributed by atoms with E-state index in [0.29, 0.717) is 12.6 Å². The highest BCUT2D eigenvalue weighted by Crippen LogP contribution is 2.18. The fourth-order valence-corrected chi connectivity index (χ4v) is 3.50. The molecular formula is C16H29IN4OS. The van der Waals surface area contributed by atoms with Crippen LogP contribution in [0.4, 0.5) is 0 Å². The molecule has 1 saturated heterocycles. The molecule has 1 aromatic rings. The number of aromatic nitrogens is 1. The molecule has 2 heterocycles.